The average Bonchev–Trinajstić information content (AvgIpc) is 3.54. The van der Waals surface area contributed by atoms with Crippen LogP contribution in [0.3, 0.4) is 0 Å². The van der Waals surface area contributed by atoms with Gasteiger partial charge in [-0.2, -0.15) is 0 Å². The van der Waals surface area contributed by atoms with Gasteiger partial charge in [0.15, 0.2) is 5.82 Å². The number of pyridine rings is 1. The number of methoxy groups -OCH3 is 1. The summed E-state index contributed by atoms with van der Waals surface area (Å²) in [6.07, 6.45) is 8.45. The van der Waals surface area contributed by atoms with Gasteiger partial charge in [-0.3, -0.25) is 9.47 Å². The van der Waals surface area contributed by atoms with Gasteiger partial charge in [0.1, 0.15) is 11.6 Å². The van der Waals surface area contributed by atoms with Gasteiger partial charge in [-0.05, 0) is 61.6 Å². The summed E-state index contributed by atoms with van der Waals surface area (Å²) in [7, 11) is 1.69. The fraction of sp³-hybridized carbons (Fsp3) is 0.417. The minimum atomic E-state index is -0.106. The van der Waals surface area contributed by atoms with Crippen LogP contribution in [-0.2, 0) is 12.1 Å². The molecule has 0 unspecified atom stereocenters. The Labute approximate surface area is 187 Å². The van der Waals surface area contributed by atoms with Gasteiger partial charge in [0.05, 0.1) is 30.2 Å². The Morgan fingerprint density at radius 3 is 2.81 bits per heavy atom. The molecule has 1 saturated heterocycles. The molecule has 1 aliphatic carbocycles. The Kier molecular flexibility index (Phi) is 4.47. The Hall–Kier alpha value is -2.57. The number of rotatable bonds is 4. The second-order valence-electron chi connectivity index (χ2n) is 8.93. The normalized spacial score (nSPS) is 19.5. The van der Waals surface area contributed by atoms with Gasteiger partial charge < -0.3 is 10.1 Å². The molecule has 3 aliphatic rings. The third-order valence-electron chi connectivity index (χ3n) is 6.95. The maximum atomic E-state index is 6.46. The number of likely N-dealkylation sites (tertiary alicyclic amines) is 1. The van der Waals surface area contributed by atoms with Crippen molar-refractivity contribution in [3.05, 3.63) is 64.8 Å². The lowest BCUT2D eigenvalue weighted by molar-refractivity contribution is 0.161. The number of nitrogens with one attached hydrogen (secondary N) is 1. The Morgan fingerprint density at radius 2 is 2.03 bits per heavy atom. The largest absolute Gasteiger partial charge is 0.497 e. The second kappa shape index (κ2) is 7.24. The monoisotopic (exact) mass is 435 g/mol. The van der Waals surface area contributed by atoms with Gasteiger partial charge >= 0.3 is 0 Å². The summed E-state index contributed by atoms with van der Waals surface area (Å²) in [5, 5.41) is 4.65. The van der Waals surface area contributed by atoms with E-state index in [0.717, 1.165) is 60.3 Å². The first-order valence-electron chi connectivity index (χ1n) is 11.0. The summed E-state index contributed by atoms with van der Waals surface area (Å²) in [6, 6.07) is 10.0. The number of fused-ring (bicyclic) bond motifs is 4. The van der Waals surface area contributed by atoms with Crippen molar-refractivity contribution < 1.29 is 4.74 Å². The van der Waals surface area contributed by atoms with Crippen molar-refractivity contribution >= 4 is 17.3 Å². The number of benzene rings is 1. The predicted octanol–water partition coefficient (Wildman–Crippen LogP) is 4.72. The van der Waals surface area contributed by atoms with E-state index in [-0.39, 0.29) is 5.54 Å². The number of hydrogen-bond donors (Lipinski definition) is 1. The molecule has 160 valence electrons. The first-order valence-corrected chi connectivity index (χ1v) is 11.4. The number of aromatic nitrogens is 3. The first kappa shape index (κ1) is 19.1. The standard InChI is InChI=1S/C24H26ClN5O/c1-31-18-6-7-19(25)17(13-18)15-29-11-8-24(9-12-29)21-14-27-22(16-4-5-16)30(21)23-20(28-24)3-2-10-26-23/h2-3,6-7,10,13-14,16,28H,4-5,8-9,11-12,15H2,1H3. The van der Waals surface area contributed by atoms with Crippen LogP contribution in [-0.4, -0.2) is 39.6 Å². The maximum absolute atomic E-state index is 6.46. The van der Waals surface area contributed by atoms with Crippen LogP contribution in [0.5, 0.6) is 5.75 Å². The summed E-state index contributed by atoms with van der Waals surface area (Å²) in [4.78, 5) is 12.0. The number of halogens is 1. The van der Waals surface area contributed by atoms with Gasteiger partial charge in [-0.25, -0.2) is 9.97 Å². The molecule has 1 saturated carbocycles. The molecule has 0 atom stereocenters. The van der Waals surface area contributed by atoms with Crippen LogP contribution in [0.4, 0.5) is 5.69 Å². The van der Waals surface area contributed by atoms with E-state index in [2.05, 4.69) is 27.0 Å². The maximum Gasteiger partial charge on any atom is 0.161 e. The van der Waals surface area contributed by atoms with E-state index >= 15 is 0 Å². The predicted molar refractivity (Wildman–Crippen MR) is 121 cm³/mol. The van der Waals surface area contributed by atoms with Crippen molar-refractivity contribution in [2.45, 2.75) is 43.7 Å². The minimum Gasteiger partial charge on any atom is -0.497 e. The topological polar surface area (TPSA) is 55.2 Å². The summed E-state index contributed by atoms with van der Waals surface area (Å²) in [5.41, 5.74) is 3.38. The van der Waals surface area contributed by atoms with Crippen molar-refractivity contribution in [2.24, 2.45) is 0 Å². The van der Waals surface area contributed by atoms with Crippen LogP contribution in [0.1, 0.15) is 48.7 Å². The summed E-state index contributed by atoms with van der Waals surface area (Å²) >= 11 is 6.46. The lowest BCUT2D eigenvalue weighted by Crippen LogP contribution is -2.49. The van der Waals surface area contributed by atoms with Gasteiger partial charge in [-0.1, -0.05) is 11.6 Å². The molecule has 2 aliphatic heterocycles. The van der Waals surface area contributed by atoms with Gasteiger partial charge in [0.25, 0.3) is 0 Å². The Bertz CT molecular complexity index is 1130. The van der Waals surface area contributed by atoms with Gasteiger partial charge in [0.2, 0.25) is 0 Å². The van der Waals surface area contributed by atoms with Crippen molar-refractivity contribution in [2.75, 3.05) is 25.5 Å². The van der Waals surface area contributed by atoms with Crippen LogP contribution in [0.15, 0.2) is 42.7 Å². The molecule has 4 heterocycles. The van der Waals surface area contributed by atoms with Gasteiger partial charge in [0, 0.05) is 36.8 Å². The highest BCUT2D eigenvalue weighted by molar-refractivity contribution is 6.31. The molecule has 1 N–H and O–H groups in total. The second-order valence-corrected chi connectivity index (χ2v) is 9.33. The lowest BCUT2D eigenvalue weighted by atomic mass is 9.82. The molecule has 1 spiro atoms. The van der Waals surface area contributed by atoms with E-state index in [4.69, 9.17) is 26.3 Å². The number of ether oxygens (including phenoxy) is 1. The fourth-order valence-corrected chi connectivity index (χ4v) is 5.24. The molecular weight excluding hydrogens is 410 g/mol. The zero-order chi connectivity index (χ0) is 21.0. The molecule has 0 bridgehead atoms. The Morgan fingerprint density at radius 1 is 1.19 bits per heavy atom. The van der Waals surface area contributed by atoms with Crippen LogP contribution in [0.2, 0.25) is 5.02 Å². The highest BCUT2D eigenvalue weighted by atomic mass is 35.5. The molecule has 31 heavy (non-hydrogen) atoms. The number of imidazole rings is 1. The van der Waals surface area contributed by atoms with Crippen LogP contribution in [0.25, 0.3) is 5.82 Å². The quantitative estimate of drug-likeness (QED) is 0.642. The highest BCUT2D eigenvalue weighted by Gasteiger charge is 2.44. The van der Waals surface area contributed by atoms with Crippen molar-refractivity contribution in [3.8, 4) is 11.6 Å². The van der Waals surface area contributed by atoms with E-state index in [1.807, 2.05) is 30.5 Å². The molecule has 3 aromatic rings. The van der Waals surface area contributed by atoms with E-state index in [0.29, 0.717) is 5.92 Å². The smallest absolute Gasteiger partial charge is 0.161 e. The molecular formula is C24H26ClN5O. The van der Waals surface area contributed by atoms with E-state index in [1.165, 1.54) is 24.4 Å². The third kappa shape index (κ3) is 3.20. The number of hydrogen-bond acceptors (Lipinski definition) is 5. The van der Waals surface area contributed by atoms with Crippen LogP contribution in [0, 0.1) is 0 Å². The molecule has 2 fully saturated rings. The number of anilines is 1. The first-order chi connectivity index (χ1) is 15.2. The van der Waals surface area contributed by atoms with Crippen molar-refractivity contribution in [1.29, 1.82) is 0 Å². The van der Waals surface area contributed by atoms with Gasteiger partial charge in [-0.15, -0.1) is 0 Å². The average molecular weight is 436 g/mol. The highest BCUT2D eigenvalue weighted by Crippen LogP contribution is 2.47. The summed E-state index contributed by atoms with van der Waals surface area (Å²) in [6.45, 7) is 2.80. The minimum absolute atomic E-state index is 0.106. The lowest BCUT2D eigenvalue weighted by Gasteiger charge is -2.45. The molecule has 1 aromatic carbocycles. The SMILES string of the molecule is COc1ccc(Cl)c(CN2CCC3(CC2)Nc2cccnc2-n2c3cnc2C2CC2)c1. The van der Waals surface area contributed by atoms with E-state index in [1.54, 1.807) is 7.11 Å². The zero-order valence-electron chi connectivity index (χ0n) is 17.6. The molecule has 6 rings (SSSR count). The fourth-order valence-electron chi connectivity index (χ4n) is 5.06. The van der Waals surface area contributed by atoms with Crippen molar-refractivity contribution in [3.63, 3.8) is 0 Å². The molecule has 0 radical (unpaired) electrons. The number of nitrogens with zero attached hydrogens (tertiary/aromatic N) is 4. The third-order valence-corrected chi connectivity index (χ3v) is 7.32. The van der Waals surface area contributed by atoms with Crippen LogP contribution >= 0.6 is 11.6 Å². The molecule has 0 amide bonds. The molecule has 6 nitrogen and oxygen atoms in total. The van der Waals surface area contributed by atoms with Crippen molar-refractivity contribution in [1.82, 2.24) is 19.4 Å². The number of piperidine rings is 1. The van der Waals surface area contributed by atoms with E-state index < -0.39 is 0 Å². The summed E-state index contributed by atoms with van der Waals surface area (Å²) < 4.78 is 7.73. The summed E-state index contributed by atoms with van der Waals surface area (Å²) in [5.74, 6) is 3.60. The van der Waals surface area contributed by atoms with E-state index in [9.17, 15) is 0 Å². The Balaban J connectivity index is 1.28. The molecule has 7 heteroatoms. The zero-order valence-corrected chi connectivity index (χ0v) is 18.4. The van der Waals surface area contributed by atoms with Crippen LogP contribution < -0.4 is 10.1 Å². The molecule has 2 aromatic heterocycles.